The Balaban J connectivity index is 1.72. The molecule has 0 aliphatic rings. The third-order valence-electron chi connectivity index (χ3n) is 3.82. The maximum atomic E-state index is 9.77. The van der Waals surface area contributed by atoms with Crippen molar-refractivity contribution in [1.82, 2.24) is 0 Å². The molecule has 22 heavy (non-hydrogen) atoms. The summed E-state index contributed by atoms with van der Waals surface area (Å²) in [7, 11) is 0. The van der Waals surface area contributed by atoms with E-state index in [9.17, 15) is 5.11 Å². The van der Waals surface area contributed by atoms with Gasteiger partial charge in [0.25, 0.3) is 0 Å². The molecule has 0 heterocycles. The van der Waals surface area contributed by atoms with Gasteiger partial charge in [-0.2, -0.15) is 0 Å². The van der Waals surface area contributed by atoms with Crippen molar-refractivity contribution < 1.29 is 5.11 Å². The number of nitrogens with one attached hydrogen (secondary N) is 1. The lowest BCUT2D eigenvalue weighted by Crippen LogP contribution is -1.99. The van der Waals surface area contributed by atoms with Gasteiger partial charge in [-0.25, -0.2) is 0 Å². The lowest BCUT2D eigenvalue weighted by atomic mass is 10.0. The number of phenolic OH excluding ortho intramolecular Hbond substituents is 1. The summed E-state index contributed by atoms with van der Waals surface area (Å²) < 4.78 is 0. The molecule has 2 N–H and O–H groups in total. The summed E-state index contributed by atoms with van der Waals surface area (Å²) in [4.78, 5) is 0. The third-order valence-corrected chi connectivity index (χ3v) is 3.82. The molecule has 0 amide bonds. The highest BCUT2D eigenvalue weighted by atomic mass is 16.3. The lowest BCUT2D eigenvalue weighted by molar-refractivity contribution is 0.469. The zero-order valence-corrected chi connectivity index (χ0v) is 12.6. The van der Waals surface area contributed by atoms with Crippen LogP contribution in [0.3, 0.4) is 0 Å². The van der Waals surface area contributed by atoms with E-state index < -0.39 is 0 Å². The summed E-state index contributed by atoms with van der Waals surface area (Å²) in [5.74, 6) is 0.325. The van der Waals surface area contributed by atoms with Gasteiger partial charge in [-0.1, -0.05) is 54.6 Å². The molecule has 3 aromatic carbocycles. The highest BCUT2D eigenvalue weighted by molar-refractivity contribution is 5.69. The Morgan fingerprint density at radius 2 is 1.50 bits per heavy atom. The zero-order valence-electron chi connectivity index (χ0n) is 12.6. The van der Waals surface area contributed by atoms with Crippen molar-refractivity contribution in [2.24, 2.45) is 0 Å². The molecule has 0 saturated carbocycles. The fourth-order valence-corrected chi connectivity index (χ4v) is 2.52. The zero-order chi connectivity index (χ0) is 15.4. The molecule has 0 atom stereocenters. The first-order chi connectivity index (χ1) is 10.7. The molecule has 0 aliphatic heterocycles. The minimum atomic E-state index is 0.325. The van der Waals surface area contributed by atoms with Crippen molar-refractivity contribution in [3.8, 4) is 16.9 Å². The van der Waals surface area contributed by atoms with Gasteiger partial charge in [-0.3, -0.25) is 0 Å². The van der Waals surface area contributed by atoms with Crippen LogP contribution >= 0.6 is 0 Å². The van der Waals surface area contributed by atoms with E-state index in [2.05, 4.69) is 60.8 Å². The first kappa shape index (κ1) is 14.2. The number of para-hydroxylation sites is 1. The van der Waals surface area contributed by atoms with E-state index >= 15 is 0 Å². The van der Waals surface area contributed by atoms with Gasteiger partial charge in [0.1, 0.15) is 5.75 Å². The second kappa shape index (κ2) is 6.35. The molecule has 0 saturated heterocycles. The van der Waals surface area contributed by atoms with E-state index in [-0.39, 0.29) is 0 Å². The number of benzene rings is 3. The number of aromatic hydroxyl groups is 1. The fraction of sp³-hybridized carbons (Fsp3) is 0.100. The van der Waals surface area contributed by atoms with Gasteiger partial charge in [0.2, 0.25) is 0 Å². The number of rotatable bonds is 4. The van der Waals surface area contributed by atoms with Crippen LogP contribution in [-0.2, 0) is 6.54 Å². The predicted octanol–water partition coefficient (Wildman–Crippen LogP) is 4.98. The largest absolute Gasteiger partial charge is 0.508 e. The van der Waals surface area contributed by atoms with Crippen LogP contribution in [0.4, 0.5) is 5.69 Å². The Hall–Kier alpha value is -2.74. The number of anilines is 1. The molecule has 0 bridgehead atoms. The highest BCUT2D eigenvalue weighted by Crippen LogP contribution is 2.25. The topological polar surface area (TPSA) is 32.3 Å². The van der Waals surface area contributed by atoms with Crippen LogP contribution in [-0.4, -0.2) is 5.11 Å². The van der Waals surface area contributed by atoms with Crippen LogP contribution in [0.5, 0.6) is 5.75 Å². The standard InChI is InChI=1S/C20H19NO/c1-15-6-2-4-8-19(15)16-10-12-18(13-11-16)21-14-17-7-3-5-9-20(17)22/h2-13,21-22H,14H2,1H3. The number of hydrogen-bond acceptors (Lipinski definition) is 2. The van der Waals surface area contributed by atoms with E-state index in [4.69, 9.17) is 0 Å². The van der Waals surface area contributed by atoms with Gasteiger partial charge in [0, 0.05) is 17.8 Å². The molecule has 3 aromatic rings. The molecule has 0 unspecified atom stereocenters. The van der Waals surface area contributed by atoms with Crippen LogP contribution in [0, 0.1) is 6.92 Å². The Morgan fingerprint density at radius 1 is 0.818 bits per heavy atom. The van der Waals surface area contributed by atoms with Gasteiger partial charge in [-0.15, -0.1) is 0 Å². The summed E-state index contributed by atoms with van der Waals surface area (Å²) in [6.45, 7) is 2.73. The summed E-state index contributed by atoms with van der Waals surface area (Å²) in [5.41, 5.74) is 5.68. The smallest absolute Gasteiger partial charge is 0.120 e. The SMILES string of the molecule is Cc1ccccc1-c1ccc(NCc2ccccc2O)cc1. The Morgan fingerprint density at radius 3 is 2.23 bits per heavy atom. The number of phenols is 1. The van der Waals surface area contributed by atoms with E-state index in [1.807, 2.05) is 18.2 Å². The van der Waals surface area contributed by atoms with Gasteiger partial charge < -0.3 is 10.4 Å². The molecule has 2 nitrogen and oxygen atoms in total. The summed E-state index contributed by atoms with van der Waals surface area (Å²) in [6.07, 6.45) is 0. The minimum absolute atomic E-state index is 0.325. The van der Waals surface area contributed by atoms with Crippen molar-refractivity contribution in [1.29, 1.82) is 0 Å². The van der Waals surface area contributed by atoms with Gasteiger partial charge in [0.05, 0.1) is 0 Å². The minimum Gasteiger partial charge on any atom is -0.508 e. The molecule has 0 aromatic heterocycles. The predicted molar refractivity (Wildman–Crippen MR) is 92.0 cm³/mol. The van der Waals surface area contributed by atoms with Gasteiger partial charge >= 0.3 is 0 Å². The molecule has 0 aliphatic carbocycles. The van der Waals surface area contributed by atoms with Crippen molar-refractivity contribution in [3.63, 3.8) is 0 Å². The average Bonchev–Trinajstić information content (AvgIpc) is 2.55. The average molecular weight is 289 g/mol. The highest BCUT2D eigenvalue weighted by Gasteiger charge is 2.02. The van der Waals surface area contributed by atoms with Crippen LogP contribution in [0.25, 0.3) is 11.1 Å². The molecular formula is C20H19NO. The molecule has 3 rings (SSSR count). The van der Waals surface area contributed by atoms with E-state index in [1.54, 1.807) is 6.07 Å². The second-order valence-electron chi connectivity index (χ2n) is 5.37. The van der Waals surface area contributed by atoms with Crippen molar-refractivity contribution in [2.45, 2.75) is 13.5 Å². The quantitative estimate of drug-likeness (QED) is 0.710. The van der Waals surface area contributed by atoms with Crippen LogP contribution in [0.1, 0.15) is 11.1 Å². The second-order valence-corrected chi connectivity index (χ2v) is 5.37. The summed E-state index contributed by atoms with van der Waals surface area (Å²) in [5, 5.41) is 13.1. The van der Waals surface area contributed by atoms with E-state index in [1.165, 1.54) is 16.7 Å². The van der Waals surface area contributed by atoms with Crippen LogP contribution in [0.15, 0.2) is 72.8 Å². The maximum Gasteiger partial charge on any atom is 0.120 e. The number of hydrogen-bond donors (Lipinski definition) is 2. The maximum absolute atomic E-state index is 9.77. The van der Waals surface area contributed by atoms with E-state index in [0.717, 1.165) is 11.3 Å². The fourth-order valence-electron chi connectivity index (χ4n) is 2.52. The van der Waals surface area contributed by atoms with E-state index in [0.29, 0.717) is 12.3 Å². The molecular weight excluding hydrogens is 270 g/mol. The molecule has 0 radical (unpaired) electrons. The Kier molecular flexibility index (Phi) is 4.10. The molecule has 110 valence electrons. The first-order valence-electron chi connectivity index (χ1n) is 7.41. The van der Waals surface area contributed by atoms with Crippen LogP contribution in [0.2, 0.25) is 0 Å². The summed E-state index contributed by atoms with van der Waals surface area (Å²) >= 11 is 0. The Bertz CT molecular complexity index is 763. The van der Waals surface area contributed by atoms with Gasteiger partial charge in [0.15, 0.2) is 0 Å². The lowest BCUT2D eigenvalue weighted by Gasteiger charge is -2.10. The van der Waals surface area contributed by atoms with Crippen LogP contribution < -0.4 is 5.32 Å². The van der Waals surface area contributed by atoms with Crippen molar-refractivity contribution in [2.75, 3.05) is 5.32 Å². The van der Waals surface area contributed by atoms with Crippen molar-refractivity contribution >= 4 is 5.69 Å². The molecule has 2 heteroatoms. The molecule has 0 spiro atoms. The number of aryl methyl sites for hydroxylation is 1. The Labute approximate surface area is 131 Å². The third kappa shape index (κ3) is 3.12. The summed E-state index contributed by atoms with van der Waals surface area (Å²) in [6, 6.07) is 24.2. The van der Waals surface area contributed by atoms with Gasteiger partial charge in [-0.05, 0) is 41.8 Å². The first-order valence-corrected chi connectivity index (χ1v) is 7.41. The van der Waals surface area contributed by atoms with Crippen molar-refractivity contribution in [3.05, 3.63) is 83.9 Å². The normalized spacial score (nSPS) is 10.4. The monoisotopic (exact) mass is 289 g/mol. The molecule has 0 fully saturated rings.